The van der Waals surface area contributed by atoms with Crippen molar-refractivity contribution in [1.82, 2.24) is 10.2 Å². The first kappa shape index (κ1) is 23.5. The quantitative estimate of drug-likeness (QED) is 0.544. The van der Waals surface area contributed by atoms with Gasteiger partial charge in [-0.3, -0.25) is 9.59 Å². The lowest BCUT2D eigenvalue weighted by Crippen LogP contribution is -2.47. The number of likely N-dealkylation sites (N-methyl/N-ethyl adjacent to an activating group) is 1. The molecule has 0 aliphatic heterocycles. The number of rotatable bonds is 11. The van der Waals surface area contributed by atoms with E-state index >= 15 is 0 Å². The van der Waals surface area contributed by atoms with E-state index in [1.165, 1.54) is 0 Å². The Morgan fingerprint density at radius 1 is 1.07 bits per heavy atom. The summed E-state index contributed by atoms with van der Waals surface area (Å²) in [7, 11) is 1.61. The number of ether oxygens (including phenoxy) is 2. The summed E-state index contributed by atoms with van der Waals surface area (Å²) in [6, 6.07) is 14.0. The van der Waals surface area contributed by atoms with Gasteiger partial charge in [0.1, 0.15) is 17.5 Å². The van der Waals surface area contributed by atoms with E-state index in [0.29, 0.717) is 36.9 Å². The summed E-state index contributed by atoms with van der Waals surface area (Å²) in [4.78, 5) is 26.9. The van der Waals surface area contributed by atoms with Gasteiger partial charge in [0.05, 0.1) is 13.7 Å². The van der Waals surface area contributed by atoms with Gasteiger partial charge in [-0.25, -0.2) is 0 Å². The first-order valence-electron chi connectivity index (χ1n) is 10.0. The topological polar surface area (TPSA) is 67.9 Å². The molecule has 0 aliphatic carbocycles. The van der Waals surface area contributed by atoms with Gasteiger partial charge in [0.15, 0.2) is 0 Å². The van der Waals surface area contributed by atoms with Gasteiger partial charge in [-0.2, -0.15) is 0 Å². The molecule has 2 amide bonds. The fourth-order valence-corrected chi connectivity index (χ4v) is 3.05. The van der Waals surface area contributed by atoms with Crippen LogP contribution in [0.25, 0.3) is 0 Å². The van der Waals surface area contributed by atoms with Crippen LogP contribution in [0.3, 0.4) is 0 Å². The molecule has 0 fully saturated rings. The van der Waals surface area contributed by atoms with E-state index in [1.54, 1.807) is 43.2 Å². The molecule has 162 valence electrons. The lowest BCUT2D eigenvalue weighted by atomic mass is 10.1. The van der Waals surface area contributed by atoms with Crippen LogP contribution in [-0.2, 0) is 16.1 Å². The molecule has 0 heterocycles. The average molecular weight is 433 g/mol. The normalized spacial score (nSPS) is 11.5. The van der Waals surface area contributed by atoms with Gasteiger partial charge in [-0.1, -0.05) is 23.7 Å². The molecular weight excluding hydrogens is 404 g/mol. The van der Waals surface area contributed by atoms with Crippen LogP contribution in [0.2, 0.25) is 5.02 Å². The van der Waals surface area contributed by atoms with Crippen molar-refractivity contribution >= 4 is 23.4 Å². The van der Waals surface area contributed by atoms with Crippen LogP contribution in [0.15, 0.2) is 48.5 Å². The van der Waals surface area contributed by atoms with Crippen molar-refractivity contribution in [2.75, 3.05) is 20.3 Å². The highest BCUT2D eigenvalue weighted by Crippen LogP contribution is 2.17. The van der Waals surface area contributed by atoms with E-state index < -0.39 is 6.04 Å². The molecule has 1 atom stereocenters. The van der Waals surface area contributed by atoms with Gasteiger partial charge < -0.3 is 19.7 Å². The number of carbonyl (C=O) groups is 2. The first-order chi connectivity index (χ1) is 14.4. The molecule has 0 saturated carbocycles. The van der Waals surface area contributed by atoms with Crippen molar-refractivity contribution in [3.63, 3.8) is 0 Å². The Hall–Kier alpha value is -2.73. The van der Waals surface area contributed by atoms with E-state index in [-0.39, 0.29) is 18.2 Å². The number of carbonyl (C=O) groups excluding carboxylic acids is 2. The largest absolute Gasteiger partial charge is 0.497 e. The molecule has 0 unspecified atom stereocenters. The van der Waals surface area contributed by atoms with Gasteiger partial charge in [0, 0.05) is 24.5 Å². The fraction of sp³-hybridized carbons (Fsp3) is 0.391. The highest BCUT2D eigenvalue weighted by molar-refractivity contribution is 6.30. The third kappa shape index (κ3) is 7.26. The van der Waals surface area contributed by atoms with E-state index in [1.807, 2.05) is 31.2 Å². The fourth-order valence-electron chi connectivity index (χ4n) is 2.92. The highest BCUT2D eigenvalue weighted by atomic mass is 35.5. The molecule has 2 aromatic carbocycles. The first-order valence-corrected chi connectivity index (χ1v) is 10.4. The van der Waals surface area contributed by atoms with E-state index in [0.717, 1.165) is 11.3 Å². The van der Waals surface area contributed by atoms with Crippen molar-refractivity contribution in [3.8, 4) is 11.5 Å². The Bertz CT molecular complexity index is 809. The summed E-state index contributed by atoms with van der Waals surface area (Å²) < 4.78 is 10.8. The van der Waals surface area contributed by atoms with Crippen molar-refractivity contribution in [3.05, 3.63) is 59.1 Å². The minimum atomic E-state index is -0.572. The van der Waals surface area contributed by atoms with Crippen molar-refractivity contribution in [2.45, 2.75) is 39.3 Å². The maximum Gasteiger partial charge on any atom is 0.242 e. The van der Waals surface area contributed by atoms with Crippen molar-refractivity contribution in [1.29, 1.82) is 0 Å². The molecule has 2 aromatic rings. The summed E-state index contributed by atoms with van der Waals surface area (Å²) in [5, 5.41) is 3.43. The predicted octanol–water partition coefficient (Wildman–Crippen LogP) is 4.06. The zero-order valence-corrected chi connectivity index (χ0v) is 18.4. The lowest BCUT2D eigenvalue weighted by Gasteiger charge is -2.29. The second-order valence-electron chi connectivity index (χ2n) is 6.85. The minimum absolute atomic E-state index is 0.0933. The maximum absolute atomic E-state index is 12.9. The Labute approximate surface area is 183 Å². The van der Waals surface area contributed by atoms with Crippen LogP contribution in [0.5, 0.6) is 11.5 Å². The molecule has 6 nitrogen and oxygen atoms in total. The average Bonchev–Trinajstić information content (AvgIpc) is 2.76. The maximum atomic E-state index is 12.9. The zero-order chi connectivity index (χ0) is 21.9. The van der Waals surface area contributed by atoms with E-state index in [2.05, 4.69) is 5.32 Å². The molecule has 0 aliphatic rings. The lowest BCUT2D eigenvalue weighted by molar-refractivity contribution is -0.140. The number of hydrogen-bond acceptors (Lipinski definition) is 4. The van der Waals surface area contributed by atoms with Crippen LogP contribution in [0.1, 0.15) is 32.3 Å². The van der Waals surface area contributed by atoms with Crippen LogP contribution in [0.4, 0.5) is 0 Å². The molecule has 7 heteroatoms. The molecule has 0 spiro atoms. The SMILES string of the molecule is CCNC(=O)[C@@H](C)N(Cc1ccc(OC)cc1)C(=O)CCCOc1ccc(Cl)cc1. The molecule has 0 aromatic heterocycles. The van der Waals surface area contributed by atoms with Crippen LogP contribution < -0.4 is 14.8 Å². The second-order valence-corrected chi connectivity index (χ2v) is 7.28. The standard InChI is InChI=1S/C23H29ClN2O4/c1-4-25-23(28)17(2)26(16-18-7-11-20(29-3)12-8-18)22(27)6-5-15-30-21-13-9-19(24)10-14-21/h7-14,17H,4-6,15-16H2,1-3H3,(H,25,28)/t17-/m1/s1. The molecule has 0 radical (unpaired) electrons. The van der Waals surface area contributed by atoms with Gasteiger partial charge >= 0.3 is 0 Å². The number of nitrogens with zero attached hydrogens (tertiary/aromatic N) is 1. The Balaban J connectivity index is 1.97. The van der Waals surface area contributed by atoms with E-state index in [9.17, 15) is 9.59 Å². The van der Waals surface area contributed by atoms with Crippen LogP contribution >= 0.6 is 11.6 Å². The molecule has 2 rings (SSSR count). The predicted molar refractivity (Wildman–Crippen MR) is 118 cm³/mol. The second kappa shape index (κ2) is 12.1. The highest BCUT2D eigenvalue weighted by Gasteiger charge is 2.25. The number of nitrogens with one attached hydrogen (secondary N) is 1. The number of halogens is 1. The minimum Gasteiger partial charge on any atom is -0.497 e. The summed E-state index contributed by atoms with van der Waals surface area (Å²) in [6.45, 7) is 4.87. The summed E-state index contributed by atoms with van der Waals surface area (Å²) in [6.07, 6.45) is 0.830. The number of hydrogen-bond donors (Lipinski definition) is 1. The van der Waals surface area contributed by atoms with Gasteiger partial charge in [-0.05, 0) is 62.2 Å². The Morgan fingerprint density at radius 2 is 1.70 bits per heavy atom. The van der Waals surface area contributed by atoms with E-state index in [4.69, 9.17) is 21.1 Å². The summed E-state index contributed by atoms with van der Waals surface area (Å²) in [5.74, 6) is 1.19. The van der Waals surface area contributed by atoms with Gasteiger partial charge in [0.25, 0.3) is 0 Å². The molecule has 1 N–H and O–H groups in total. The zero-order valence-electron chi connectivity index (χ0n) is 17.7. The van der Waals surface area contributed by atoms with Crippen LogP contribution in [-0.4, -0.2) is 43.0 Å². The third-order valence-electron chi connectivity index (χ3n) is 4.65. The molecule has 0 saturated heterocycles. The Morgan fingerprint density at radius 3 is 2.30 bits per heavy atom. The van der Waals surface area contributed by atoms with Gasteiger partial charge in [0.2, 0.25) is 11.8 Å². The molecule has 0 bridgehead atoms. The number of benzene rings is 2. The summed E-state index contributed by atoms with van der Waals surface area (Å²) in [5.41, 5.74) is 0.928. The molecular formula is C23H29ClN2O4. The van der Waals surface area contributed by atoms with Crippen molar-refractivity contribution < 1.29 is 19.1 Å². The number of amides is 2. The number of methoxy groups -OCH3 is 1. The van der Waals surface area contributed by atoms with Crippen LogP contribution in [0, 0.1) is 0 Å². The summed E-state index contributed by atoms with van der Waals surface area (Å²) >= 11 is 5.87. The molecule has 30 heavy (non-hydrogen) atoms. The van der Waals surface area contributed by atoms with Gasteiger partial charge in [-0.15, -0.1) is 0 Å². The Kier molecular flexibility index (Phi) is 9.48. The van der Waals surface area contributed by atoms with Crippen molar-refractivity contribution in [2.24, 2.45) is 0 Å². The monoisotopic (exact) mass is 432 g/mol. The smallest absolute Gasteiger partial charge is 0.242 e. The third-order valence-corrected chi connectivity index (χ3v) is 4.90.